The fourth-order valence-corrected chi connectivity index (χ4v) is 3.26. The largest absolute Gasteiger partial charge is 0.444 e. The summed E-state index contributed by atoms with van der Waals surface area (Å²) in [6, 6.07) is 7.67. The number of rotatable bonds is 5. The molecule has 2 atom stereocenters. The summed E-state index contributed by atoms with van der Waals surface area (Å²) in [5, 5.41) is 0.665. The molecule has 2 rings (SSSR count). The second kappa shape index (κ2) is 6.52. The van der Waals surface area contributed by atoms with E-state index in [-0.39, 0.29) is 17.4 Å². The van der Waals surface area contributed by atoms with E-state index in [9.17, 15) is 9.59 Å². The maximum Gasteiger partial charge on any atom is 0.410 e. The highest BCUT2D eigenvalue weighted by Gasteiger charge is 2.55. The van der Waals surface area contributed by atoms with Crippen LogP contribution < -0.4 is 0 Å². The van der Waals surface area contributed by atoms with Gasteiger partial charge in [0.15, 0.2) is 0 Å². The molecular weight excluding hydrogens is 314 g/mol. The molecule has 0 heterocycles. The molecule has 0 saturated heterocycles. The molecule has 1 aromatic rings. The topological polar surface area (TPSA) is 46.6 Å². The van der Waals surface area contributed by atoms with Gasteiger partial charge in [0, 0.05) is 30.5 Å². The van der Waals surface area contributed by atoms with Gasteiger partial charge in [0.25, 0.3) is 0 Å². The highest BCUT2D eigenvalue weighted by Crippen LogP contribution is 2.56. The molecule has 0 bridgehead atoms. The number of halogens is 1. The Morgan fingerprint density at radius 3 is 2.74 bits per heavy atom. The summed E-state index contributed by atoms with van der Waals surface area (Å²) >= 11 is 6.11. The van der Waals surface area contributed by atoms with Gasteiger partial charge in [-0.05, 0) is 50.8 Å². The zero-order valence-corrected chi connectivity index (χ0v) is 14.9. The minimum atomic E-state index is -0.527. The summed E-state index contributed by atoms with van der Waals surface area (Å²) in [6.07, 6.45) is 1.97. The molecule has 1 aliphatic rings. The number of ether oxygens (including phenoxy) is 1. The van der Waals surface area contributed by atoms with Crippen molar-refractivity contribution in [1.29, 1.82) is 0 Å². The second-order valence-electron chi connectivity index (χ2n) is 7.31. The van der Waals surface area contributed by atoms with Crippen molar-refractivity contribution in [2.24, 2.45) is 5.92 Å². The third-order valence-corrected chi connectivity index (χ3v) is 4.47. The van der Waals surface area contributed by atoms with E-state index in [1.807, 2.05) is 45.0 Å². The minimum absolute atomic E-state index is 0.211. The summed E-state index contributed by atoms with van der Waals surface area (Å²) in [6.45, 7) is 6.05. The Hall–Kier alpha value is -1.55. The lowest BCUT2D eigenvalue weighted by molar-refractivity contribution is -0.108. The minimum Gasteiger partial charge on any atom is -0.444 e. The molecule has 0 unspecified atom stereocenters. The smallest absolute Gasteiger partial charge is 0.410 e. The third kappa shape index (κ3) is 4.25. The Kier molecular flexibility index (Phi) is 5.04. The highest BCUT2D eigenvalue weighted by atomic mass is 35.5. The lowest BCUT2D eigenvalue weighted by Crippen LogP contribution is -2.39. The van der Waals surface area contributed by atoms with Gasteiger partial charge < -0.3 is 14.4 Å². The van der Waals surface area contributed by atoms with Crippen molar-refractivity contribution in [3.63, 3.8) is 0 Å². The van der Waals surface area contributed by atoms with Gasteiger partial charge in [-0.1, -0.05) is 23.7 Å². The molecule has 0 radical (unpaired) electrons. The van der Waals surface area contributed by atoms with Crippen molar-refractivity contribution >= 4 is 24.0 Å². The van der Waals surface area contributed by atoms with Gasteiger partial charge in [-0.3, -0.25) is 0 Å². The molecule has 0 spiro atoms. The Morgan fingerprint density at radius 2 is 2.17 bits per heavy atom. The van der Waals surface area contributed by atoms with Crippen LogP contribution in [0.5, 0.6) is 0 Å². The Morgan fingerprint density at radius 1 is 1.48 bits per heavy atom. The van der Waals surface area contributed by atoms with Crippen molar-refractivity contribution < 1.29 is 14.3 Å². The summed E-state index contributed by atoms with van der Waals surface area (Å²) in [4.78, 5) is 24.7. The van der Waals surface area contributed by atoms with Gasteiger partial charge in [-0.15, -0.1) is 0 Å². The molecule has 4 nitrogen and oxygen atoms in total. The number of hydrogen-bond acceptors (Lipinski definition) is 3. The van der Waals surface area contributed by atoms with Crippen LogP contribution in [0.1, 0.15) is 39.2 Å². The van der Waals surface area contributed by atoms with Crippen LogP contribution in [0.25, 0.3) is 0 Å². The zero-order valence-electron chi connectivity index (χ0n) is 14.1. The maximum absolute atomic E-state index is 12.2. The van der Waals surface area contributed by atoms with Crippen LogP contribution in [0, 0.1) is 5.92 Å². The molecule has 1 saturated carbocycles. The number of likely N-dealkylation sites (N-methyl/N-ethyl adjacent to an activating group) is 1. The molecule has 5 heteroatoms. The van der Waals surface area contributed by atoms with Gasteiger partial charge in [0.1, 0.15) is 11.9 Å². The monoisotopic (exact) mass is 337 g/mol. The van der Waals surface area contributed by atoms with E-state index in [2.05, 4.69) is 0 Å². The van der Waals surface area contributed by atoms with Crippen LogP contribution in [0.15, 0.2) is 24.3 Å². The summed E-state index contributed by atoms with van der Waals surface area (Å²) in [7, 11) is 1.73. The van der Waals surface area contributed by atoms with E-state index in [1.54, 1.807) is 11.9 Å². The molecule has 0 N–H and O–H groups in total. The average molecular weight is 338 g/mol. The molecule has 1 aromatic carbocycles. The summed E-state index contributed by atoms with van der Waals surface area (Å²) in [5.41, 5.74) is 0.338. The van der Waals surface area contributed by atoms with E-state index < -0.39 is 5.60 Å². The quantitative estimate of drug-likeness (QED) is 0.761. The number of benzene rings is 1. The Balaban J connectivity index is 2.17. The fourth-order valence-electron chi connectivity index (χ4n) is 3.07. The number of aldehydes is 1. The Labute approximate surface area is 142 Å². The maximum atomic E-state index is 12.2. The molecule has 23 heavy (non-hydrogen) atoms. The van der Waals surface area contributed by atoms with Gasteiger partial charge in [-0.2, -0.15) is 0 Å². The van der Waals surface area contributed by atoms with E-state index in [1.165, 1.54) is 0 Å². The van der Waals surface area contributed by atoms with Gasteiger partial charge >= 0.3 is 6.09 Å². The number of nitrogens with zero attached hydrogens (tertiary/aromatic N) is 1. The SMILES string of the molecule is CN(C[C@@]1(c2cccc(Cl)c2)C[C@H]1CC=O)C(=O)OC(C)(C)C. The van der Waals surface area contributed by atoms with Gasteiger partial charge in [-0.25, -0.2) is 4.79 Å². The van der Waals surface area contributed by atoms with Crippen molar-refractivity contribution in [3.8, 4) is 0 Å². The van der Waals surface area contributed by atoms with E-state index in [0.717, 1.165) is 18.3 Å². The number of carbonyl (C=O) groups is 2. The molecule has 1 aliphatic carbocycles. The van der Waals surface area contributed by atoms with Crippen molar-refractivity contribution in [2.45, 2.75) is 44.6 Å². The average Bonchev–Trinajstić information content (AvgIpc) is 3.11. The molecule has 1 amide bonds. The van der Waals surface area contributed by atoms with Crippen molar-refractivity contribution in [1.82, 2.24) is 4.90 Å². The van der Waals surface area contributed by atoms with Gasteiger partial charge in [0.05, 0.1) is 0 Å². The summed E-state index contributed by atoms with van der Waals surface area (Å²) < 4.78 is 5.42. The normalized spacial score (nSPS) is 23.3. The first-order valence-corrected chi connectivity index (χ1v) is 8.19. The van der Waals surface area contributed by atoms with E-state index >= 15 is 0 Å². The lowest BCUT2D eigenvalue weighted by atomic mass is 9.92. The van der Waals surface area contributed by atoms with Crippen LogP contribution in [-0.2, 0) is 14.9 Å². The molecule has 0 aromatic heterocycles. The van der Waals surface area contributed by atoms with Crippen LogP contribution in [-0.4, -0.2) is 36.5 Å². The second-order valence-corrected chi connectivity index (χ2v) is 7.74. The van der Waals surface area contributed by atoms with E-state index in [0.29, 0.717) is 18.0 Å². The van der Waals surface area contributed by atoms with Crippen molar-refractivity contribution in [3.05, 3.63) is 34.9 Å². The number of amides is 1. The number of carbonyl (C=O) groups excluding carboxylic acids is 2. The molecular formula is C18H24ClNO3. The van der Waals surface area contributed by atoms with Crippen LogP contribution in [0.2, 0.25) is 5.02 Å². The first-order chi connectivity index (χ1) is 10.7. The molecule has 0 aliphatic heterocycles. The summed E-state index contributed by atoms with van der Waals surface area (Å²) in [5.74, 6) is 0.239. The molecule has 1 fully saturated rings. The van der Waals surface area contributed by atoms with Gasteiger partial charge in [0.2, 0.25) is 0 Å². The van der Waals surface area contributed by atoms with E-state index in [4.69, 9.17) is 16.3 Å². The van der Waals surface area contributed by atoms with Crippen LogP contribution in [0.4, 0.5) is 4.79 Å². The predicted octanol–water partition coefficient (Wildman–Crippen LogP) is 4.05. The predicted molar refractivity (Wildman–Crippen MR) is 90.8 cm³/mol. The number of hydrogen-bond donors (Lipinski definition) is 0. The first kappa shape index (κ1) is 17.8. The first-order valence-electron chi connectivity index (χ1n) is 7.82. The van der Waals surface area contributed by atoms with Crippen LogP contribution >= 0.6 is 11.6 Å². The highest BCUT2D eigenvalue weighted by molar-refractivity contribution is 6.30. The zero-order chi connectivity index (χ0) is 17.3. The Bertz CT molecular complexity index is 596. The fraction of sp³-hybridized carbons (Fsp3) is 0.556. The third-order valence-electron chi connectivity index (χ3n) is 4.24. The van der Waals surface area contributed by atoms with Crippen molar-refractivity contribution in [2.75, 3.05) is 13.6 Å². The lowest BCUT2D eigenvalue weighted by Gasteiger charge is -2.28. The standard InChI is InChI=1S/C18H24ClNO3/c1-17(2,3)23-16(22)20(4)12-18(11-14(18)8-9-21)13-6-5-7-15(19)10-13/h5-7,9-10,14H,8,11-12H2,1-4H3/t14-,18-/m1/s1. The van der Waals surface area contributed by atoms with Crippen LogP contribution in [0.3, 0.4) is 0 Å². The molecule has 126 valence electrons.